The number of β-lactam (4-membered cyclic amide) rings is 2. The van der Waals surface area contributed by atoms with Crippen molar-refractivity contribution in [1.29, 1.82) is 0 Å². The van der Waals surface area contributed by atoms with Crippen LogP contribution in [0.4, 0.5) is 17.1 Å². The highest BCUT2D eigenvalue weighted by atomic mass is 16.5. The van der Waals surface area contributed by atoms with Gasteiger partial charge in [-0.15, -0.1) is 5.10 Å². The zero-order chi connectivity index (χ0) is 40.3. The standard InChI is InChI=1S/C46H48N6O6/c1-29-42(45(2,3)32-12-17-35(57-4)18-13-32)39(20-23-49-28-37(47-48-49)43(55)31-8-6-5-7-9-31)58-46(29)36-26-34(51-25-22-41(51)54)16-19-38(36)52(44(46)56)27-30-10-14-33(15-11-30)50-24-21-40(50)53/h5-19,26,28-29,39,42-43,55H,20-25,27H2,1-4H3/t29-,39+,42-,43+,46+/m0/s1. The number of aryl methyl sites for hydroxylation is 1. The van der Waals surface area contributed by atoms with Gasteiger partial charge in [0.2, 0.25) is 11.8 Å². The molecule has 9 rings (SSSR count). The van der Waals surface area contributed by atoms with Crippen molar-refractivity contribution in [1.82, 2.24) is 15.0 Å². The molecule has 0 saturated carbocycles. The van der Waals surface area contributed by atoms with Crippen molar-refractivity contribution in [2.45, 2.75) is 76.3 Å². The number of methoxy groups -OCH3 is 1. The molecule has 298 valence electrons. The van der Waals surface area contributed by atoms with Crippen LogP contribution in [0.15, 0.2) is 103 Å². The molecule has 3 amide bonds. The van der Waals surface area contributed by atoms with E-state index in [4.69, 9.17) is 9.47 Å². The van der Waals surface area contributed by atoms with E-state index in [2.05, 4.69) is 43.2 Å². The fourth-order valence-electron chi connectivity index (χ4n) is 9.65. The number of nitrogens with zero attached hydrogens (tertiary/aromatic N) is 6. The van der Waals surface area contributed by atoms with Gasteiger partial charge in [0, 0.05) is 61.2 Å². The summed E-state index contributed by atoms with van der Waals surface area (Å²) in [6, 6.07) is 31.2. The summed E-state index contributed by atoms with van der Waals surface area (Å²) in [5.41, 5.74) is 4.50. The summed E-state index contributed by atoms with van der Waals surface area (Å²) in [4.78, 5) is 45.6. The van der Waals surface area contributed by atoms with E-state index in [-0.39, 0.29) is 29.6 Å². The quantitative estimate of drug-likeness (QED) is 0.146. The summed E-state index contributed by atoms with van der Waals surface area (Å²) in [7, 11) is 1.65. The van der Waals surface area contributed by atoms with E-state index in [0.29, 0.717) is 51.1 Å². The number of amides is 3. The molecule has 58 heavy (non-hydrogen) atoms. The van der Waals surface area contributed by atoms with Crippen LogP contribution in [-0.2, 0) is 43.2 Å². The molecule has 1 N–H and O–H groups in total. The van der Waals surface area contributed by atoms with Gasteiger partial charge < -0.3 is 29.3 Å². The zero-order valence-corrected chi connectivity index (χ0v) is 33.2. The fraction of sp³-hybridized carbons (Fsp3) is 0.370. The van der Waals surface area contributed by atoms with Crippen LogP contribution >= 0.6 is 0 Å². The van der Waals surface area contributed by atoms with E-state index in [1.807, 2.05) is 89.8 Å². The highest BCUT2D eigenvalue weighted by Crippen LogP contribution is 2.60. The SMILES string of the molecule is COc1ccc(C(C)(C)[C@@H]2[C@@H](CCn3cc([C@H](O)c4ccccc4)nn3)O[C@]3(C(=O)N(Cc4ccc(N5CCC5=O)cc4)c4ccc(N5CCC5=O)cc43)[C@H]2C)cc1. The van der Waals surface area contributed by atoms with E-state index >= 15 is 4.79 Å². The molecule has 4 aliphatic heterocycles. The molecule has 4 aromatic carbocycles. The third-order valence-electron chi connectivity index (χ3n) is 13.0. The van der Waals surface area contributed by atoms with E-state index in [0.717, 1.165) is 45.1 Å². The summed E-state index contributed by atoms with van der Waals surface area (Å²) >= 11 is 0. The van der Waals surface area contributed by atoms with Crippen molar-refractivity contribution in [3.05, 3.63) is 131 Å². The number of rotatable bonds is 12. The summed E-state index contributed by atoms with van der Waals surface area (Å²) in [5, 5.41) is 19.8. The van der Waals surface area contributed by atoms with Gasteiger partial charge in [0.05, 0.1) is 31.6 Å². The van der Waals surface area contributed by atoms with Crippen molar-refractivity contribution < 1.29 is 29.0 Å². The van der Waals surface area contributed by atoms with Crippen LogP contribution in [0.3, 0.4) is 0 Å². The van der Waals surface area contributed by atoms with Gasteiger partial charge in [0.1, 0.15) is 17.5 Å². The number of aliphatic hydroxyl groups excluding tert-OH is 1. The number of ether oxygens (including phenoxy) is 2. The number of aromatic nitrogens is 3. The number of aliphatic hydroxyl groups is 1. The minimum atomic E-state index is -1.35. The lowest BCUT2D eigenvalue weighted by atomic mass is 9.63. The first-order chi connectivity index (χ1) is 28.0. The lowest BCUT2D eigenvalue weighted by Gasteiger charge is -2.39. The first-order valence-electron chi connectivity index (χ1n) is 20.1. The highest BCUT2D eigenvalue weighted by Gasteiger charge is 2.66. The summed E-state index contributed by atoms with van der Waals surface area (Å²) in [6.07, 6.45) is 2.02. The third kappa shape index (κ3) is 6.17. The molecule has 12 heteroatoms. The number of carbonyl (C=O) groups excluding carboxylic acids is 3. The van der Waals surface area contributed by atoms with Crippen molar-refractivity contribution in [2.24, 2.45) is 11.8 Å². The number of hydrogen-bond acceptors (Lipinski definition) is 8. The lowest BCUT2D eigenvalue weighted by molar-refractivity contribution is -0.146. The smallest absolute Gasteiger partial charge is 0.264 e. The Morgan fingerprint density at radius 1 is 0.897 bits per heavy atom. The van der Waals surface area contributed by atoms with Crippen LogP contribution in [0.25, 0.3) is 0 Å². The molecule has 3 saturated heterocycles. The van der Waals surface area contributed by atoms with Crippen molar-refractivity contribution >= 4 is 34.8 Å². The fourth-order valence-corrected chi connectivity index (χ4v) is 9.65. The average Bonchev–Trinajstić information content (AvgIpc) is 3.90. The molecule has 3 fully saturated rings. The van der Waals surface area contributed by atoms with Crippen molar-refractivity contribution in [3.8, 4) is 5.75 Å². The van der Waals surface area contributed by atoms with E-state index in [1.165, 1.54) is 0 Å². The lowest BCUT2D eigenvalue weighted by Crippen LogP contribution is -2.46. The monoisotopic (exact) mass is 780 g/mol. The van der Waals surface area contributed by atoms with Gasteiger partial charge in [-0.3, -0.25) is 19.1 Å². The first kappa shape index (κ1) is 37.7. The van der Waals surface area contributed by atoms with Crippen LogP contribution < -0.4 is 19.4 Å². The Kier molecular flexibility index (Phi) is 9.44. The van der Waals surface area contributed by atoms with Crippen molar-refractivity contribution in [2.75, 3.05) is 34.9 Å². The predicted octanol–water partition coefficient (Wildman–Crippen LogP) is 6.30. The van der Waals surface area contributed by atoms with E-state index in [1.54, 1.807) is 27.8 Å². The van der Waals surface area contributed by atoms with Crippen molar-refractivity contribution in [3.63, 3.8) is 0 Å². The molecule has 5 aromatic rings. The Morgan fingerprint density at radius 2 is 1.57 bits per heavy atom. The minimum Gasteiger partial charge on any atom is -0.497 e. The summed E-state index contributed by atoms with van der Waals surface area (Å²) < 4.78 is 14.6. The second-order valence-corrected chi connectivity index (χ2v) is 16.5. The maximum Gasteiger partial charge on any atom is 0.264 e. The second-order valence-electron chi connectivity index (χ2n) is 16.5. The first-order valence-corrected chi connectivity index (χ1v) is 20.1. The Morgan fingerprint density at radius 3 is 2.21 bits per heavy atom. The Hall–Kier alpha value is -5.85. The van der Waals surface area contributed by atoms with Gasteiger partial charge in [-0.05, 0) is 71.0 Å². The Balaban J connectivity index is 1.09. The molecule has 0 unspecified atom stereocenters. The van der Waals surface area contributed by atoms with E-state index < -0.39 is 23.2 Å². The van der Waals surface area contributed by atoms with Crippen LogP contribution in [-0.4, -0.2) is 64.1 Å². The topological polar surface area (TPSA) is 130 Å². The highest BCUT2D eigenvalue weighted by molar-refractivity contribution is 6.09. The van der Waals surface area contributed by atoms with Gasteiger partial charge in [-0.25, -0.2) is 0 Å². The maximum absolute atomic E-state index is 15.4. The average molecular weight is 781 g/mol. The molecule has 0 aliphatic carbocycles. The van der Waals surface area contributed by atoms with Gasteiger partial charge >= 0.3 is 0 Å². The van der Waals surface area contributed by atoms with Crippen LogP contribution in [0, 0.1) is 11.8 Å². The van der Waals surface area contributed by atoms with Gasteiger partial charge in [0.25, 0.3) is 5.91 Å². The summed E-state index contributed by atoms with van der Waals surface area (Å²) in [5.74, 6) is 0.319. The zero-order valence-electron chi connectivity index (χ0n) is 33.2. The normalized spacial score (nSPS) is 23.3. The van der Waals surface area contributed by atoms with Gasteiger partial charge in [0.15, 0.2) is 5.60 Å². The molecular formula is C46H48N6O6. The molecule has 0 radical (unpaired) electrons. The number of benzene rings is 4. The molecule has 5 atom stereocenters. The Bertz CT molecular complexity index is 2360. The largest absolute Gasteiger partial charge is 0.497 e. The molecule has 1 spiro atoms. The number of carbonyl (C=O) groups is 3. The molecule has 5 heterocycles. The van der Waals surface area contributed by atoms with Crippen LogP contribution in [0.5, 0.6) is 5.75 Å². The minimum absolute atomic E-state index is 0.0531. The summed E-state index contributed by atoms with van der Waals surface area (Å²) in [6.45, 7) is 8.64. The molecule has 4 aliphatic rings. The number of hydrogen-bond donors (Lipinski definition) is 1. The number of fused-ring (bicyclic) bond motifs is 2. The molecule has 0 bridgehead atoms. The molecule has 12 nitrogen and oxygen atoms in total. The second kappa shape index (κ2) is 14.5. The van der Waals surface area contributed by atoms with Crippen LogP contribution in [0.2, 0.25) is 0 Å². The van der Waals surface area contributed by atoms with Gasteiger partial charge in [-0.2, -0.15) is 0 Å². The third-order valence-corrected chi connectivity index (χ3v) is 13.0. The molecular weight excluding hydrogens is 733 g/mol. The van der Waals surface area contributed by atoms with E-state index in [9.17, 15) is 14.7 Å². The Labute approximate surface area is 338 Å². The predicted molar refractivity (Wildman–Crippen MR) is 218 cm³/mol. The van der Waals surface area contributed by atoms with Gasteiger partial charge in [-0.1, -0.05) is 80.6 Å². The number of anilines is 3. The molecule has 1 aromatic heterocycles. The van der Waals surface area contributed by atoms with Crippen LogP contribution in [0.1, 0.15) is 74.1 Å². The maximum atomic E-state index is 15.4.